The van der Waals surface area contributed by atoms with E-state index in [-0.39, 0.29) is 16.9 Å². The molecule has 2 heterocycles. The van der Waals surface area contributed by atoms with Gasteiger partial charge in [0.25, 0.3) is 0 Å². The zero-order valence-electron chi connectivity index (χ0n) is 28.0. The summed E-state index contributed by atoms with van der Waals surface area (Å²) in [7, 11) is -2.00. The molecule has 4 aromatic rings. The minimum atomic E-state index is -2.00. The van der Waals surface area contributed by atoms with Gasteiger partial charge in [-0.25, -0.2) is 0 Å². The molecule has 244 valence electrons. The van der Waals surface area contributed by atoms with Crippen molar-refractivity contribution in [2.45, 2.75) is 89.2 Å². The molecule has 5 atom stereocenters. The van der Waals surface area contributed by atoms with Crippen LogP contribution in [0.5, 0.6) is 0 Å². The van der Waals surface area contributed by atoms with E-state index >= 15 is 0 Å². The number of rotatable bonds is 6. The molecule has 2 bridgehead atoms. The molecule has 0 radical (unpaired) electrons. The van der Waals surface area contributed by atoms with Gasteiger partial charge < -0.3 is 14.0 Å². The fourth-order valence-electron chi connectivity index (χ4n) is 9.31. The highest BCUT2D eigenvalue weighted by molar-refractivity contribution is 7.41. The highest BCUT2D eigenvalue weighted by Crippen LogP contribution is 2.70. The number of hydrogen-bond donors (Lipinski definition) is 0. The van der Waals surface area contributed by atoms with Crippen LogP contribution in [0.3, 0.4) is 0 Å². The molecule has 2 aliphatic carbocycles. The Morgan fingerprint density at radius 3 is 1.30 bits per heavy atom. The van der Waals surface area contributed by atoms with E-state index in [1.54, 1.807) is 0 Å². The SMILES string of the molecule is CC1(C)O[C@@H]2[C@@H](O1)C(c1ccccc1)(c1ccccc1)OP(O[C@H]1C(C)(C)[C@H]3CC[C@]1(C)C3)OC2(c1ccccc1)c1ccccc1. The van der Waals surface area contributed by atoms with Gasteiger partial charge in [-0.3, -0.25) is 9.05 Å². The largest absolute Gasteiger partial charge is 0.341 e. The van der Waals surface area contributed by atoms with Crippen LogP contribution in [0.4, 0.5) is 0 Å². The van der Waals surface area contributed by atoms with Crippen LogP contribution in [-0.4, -0.2) is 24.1 Å². The van der Waals surface area contributed by atoms with Gasteiger partial charge in [-0.1, -0.05) is 142 Å². The van der Waals surface area contributed by atoms with Gasteiger partial charge in [-0.15, -0.1) is 0 Å². The average molecular weight is 649 g/mol. The predicted molar refractivity (Wildman–Crippen MR) is 184 cm³/mol. The minimum Gasteiger partial charge on any atom is -0.341 e. The molecule has 0 spiro atoms. The summed E-state index contributed by atoms with van der Waals surface area (Å²) in [5, 5.41) is 0. The third kappa shape index (κ3) is 4.89. The van der Waals surface area contributed by atoms with Crippen molar-refractivity contribution in [3.63, 3.8) is 0 Å². The minimum absolute atomic E-state index is 0.0243. The molecule has 2 saturated carbocycles. The lowest BCUT2D eigenvalue weighted by molar-refractivity contribution is -0.178. The van der Waals surface area contributed by atoms with E-state index in [1.165, 1.54) is 6.42 Å². The Kier molecular flexibility index (Phi) is 7.57. The molecule has 0 N–H and O–H groups in total. The lowest BCUT2D eigenvalue weighted by atomic mass is 9.70. The molecule has 2 saturated heterocycles. The van der Waals surface area contributed by atoms with Crippen LogP contribution >= 0.6 is 8.60 Å². The van der Waals surface area contributed by atoms with Crippen LogP contribution in [-0.2, 0) is 34.2 Å². The molecule has 2 aliphatic heterocycles. The van der Waals surface area contributed by atoms with Crippen molar-refractivity contribution in [1.29, 1.82) is 0 Å². The Hall–Kier alpha value is -2.89. The molecule has 4 aliphatic rings. The smallest absolute Gasteiger partial charge is 0.335 e. The maximum atomic E-state index is 7.60. The summed E-state index contributed by atoms with van der Waals surface area (Å²) in [6.45, 7) is 11.1. The number of hydrogen-bond acceptors (Lipinski definition) is 5. The van der Waals surface area contributed by atoms with Gasteiger partial charge in [0.2, 0.25) is 0 Å². The van der Waals surface area contributed by atoms with Gasteiger partial charge in [0.15, 0.2) is 17.0 Å². The van der Waals surface area contributed by atoms with Crippen molar-refractivity contribution >= 4 is 8.60 Å². The van der Waals surface area contributed by atoms with Crippen molar-refractivity contribution in [2.75, 3.05) is 0 Å². The van der Waals surface area contributed by atoms with E-state index in [0.717, 1.165) is 35.1 Å². The van der Waals surface area contributed by atoms with E-state index in [1.807, 2.05) is 38.1 Å². The second kappa shape index (κ2) is 11.3. The van der Waals surface area contributed by atoms with Gasteiger partial charge in [-0.2, -0.15) is 0 Å². The number of benzene rings is 4. The maximum absolute atomic E-state index is 7.60. The highest BCUT2D eigenvalue weighted by atomic mass is 31.2. The van der Waals surface area contributed by atoms with E-state index in [9.17, 15) is 0 Å². The van der Waals surface area contributed by atoms with Gasteiger partial charge in [0.05, 0.1) is 6.10 Å². The van der Waals surface area contributed by atoms with Crippen molar-refractivity contribution in [1.82, 2.24) is 0 Å². The van der Waals surface area contributed by atoms with E-state index in [0.29, 0.717) is 5.92 Å². The Bertz CT molecular complexity index is 1510. The Balaban J connectivity index is 1.41. The van der Waals surface area contributed by atoms with Crippen molar-refractivity contribution < 1.29 is 23.0 Å². The Labute approximate surface area is 280 Å². The number of ether oxygens (including phenoxy) is 2. The number of fused-ring (bicyclic) bond motifs is 3. The van der Waals surface area contributed by atoms with Crippen LogP contribution in [0.25, 0.3) is 0 Å². The first-order valence-electron chi connectivity index (χ1n) is 17.0. The first-order valence-corrected chi connectivity index (χ1v) is 18.1. The molecule has 4 aromatic carbocycles. The summed E-state index contributed by atoms with van der Waals surface area (Å²) in [4.78, 5) is 0. The van der Waals surface area contributed by atoms with Gasteiger partial charge >= 0.3 is 8.60 Å². The molecule has 47 heavy (non-hydrogen) atoms. The van der Waals surface area contributed by atoms with Crippen LogP contribution in [0.1, 0.15) is 76.1 Å². The monoisotopic (exact) mass is 648 g/mol. The van der Waals surface area contributed by atoms with Crippen LogP contribution in [0, 0.1) is 16.7 Å². The van der Waals surface area contributed by atoms with E-state index in [4.69, 9.17) is 23.0 Å². The second-order valence-electron chi connectivity index (χ2n) is 15.2. The lowest BCUT2D eigenvalue weighted by Gasteiger charge is -2.45. The molecule has 5 nitrogen and oxygen atoms in total. The molecule has 4 fully saturated rings. The zero-order chi connectivity index (χ0) is 32.5. The molecule has 0 amide bonds. The second-order valence-corrected chi connectivity index (χ2v) is 16.2. The molecule has 0 aromatic heterocycles. The van der Waals surface area contributed by atoms with E-state index < -0.39 is 37.8 Å². The van der Waals surface area contributed by atoms with Crippen molar-refractivity contribution in [2.24, 2.45) is 16.7 Å². The molecular formula is C41H45O5P. The highest BCUT2D eigenvalue weighted by Gasteiger charge is 2.69. The zero-order valence-corrected chi connectivity index (χ0v) is 28.9. The summed E-state index contributed by atoms with van der Waals surface area (Å²) >= 11 is 0. The third-order valence-corrected chi connectivity index (χ3v) is 12.7. The normalized spacial score (nSPS) is 31.7. The maximum Gasteiger partial charge on any atom is 0.335 e. The standard InChI is InChI=1S/C41H45O5P/c1-37(2)33-26-27-39(5,28-33)36(37)44-47-45-40(29-18-10-6-11-19-29,30-20-12-7-13-21-30)34-35(43-38(3,4)42-34)41(46-47,31-22-14-8-15-23-31)32-24-16-9-17-25-32/h6-25,33-36H,26-28H2,1-5H3/t33-,34+,35+,36-,39+/m0/s1. The topological polar surface area (TPSA) is 46.2 Å². The van der Waals surface area contributed by atoms with Gasteiger partial charge in [-0.05, 0) is 72.1 Å². The molecule has 0 unspecified atom stereocenters. The molecule has 6 heteroatoms. The fraction of sp³-hybridized carbons (Fsp3) is 0.415. The Morgan fingerprint density at radius 1 is 0.574 bits per heavy atom. The average Bonchev–Trinajstić information content (AvgIpc) is 3.68. The quantitative estimate of drug-likeness (QED) is 0.195. The summed E-state index contributed by atoms with van der Waals surface area (Å²) in [5.41, 5.74) is 1.68. The van der Waals surface area contributed by atoms with Crippen LogP contribution in [0.2, 0.25) is 0 Å². The van der Waals surface area contributed by atoms with Crippen molar-refractivity contribution in [3.8, 4) is 0 Å². The van der Waals surface area contributed by atoms with Crippen molar-refractivity contribution in [3.05, 3.63) is 144 Å². The summed E-state index contributed by atoms with van der Waals surface area (Å²) in [5.74, 6) is -0.320. The predicted octanol–water partition coefficient (Wildman–Crippen LogP) is 9.90. The third-order valence-electron chi connectivity index (χ3n) is 11.5. The molecular weight excluding hydrogens is 603 g/mol. The first kappa shape index (κ1) is 31.4. The Morgan fingerprint density at radius 2 is 0.957 bits per heavy atom. The van der Waals surface area contributed by atoms with Crippen LogP contribution in [0.15, 0.2) is 121 Å². The summed E-state index contributed by atoms with van der Waals surface area (Å²) in [6, 6.07) is 41.7. The van der Waals surface area contributed by atoms with Gasteiger partial charge in [0.1, 0.15) is 12.2 Å². The van der Waals surface area contributed by atoms with Crippen LogP contribution < -0.4 is 0 Å². The first-order chi connectivity index (χ1) is 22.6. The fourth-order valence-corrected chi connectivity index (χ4v) is 11.2. The molecule has 8 rings (SSSR count). The van der Waals surface area contributed by atoms with E-state index in [2.05, 4.69) is 118 Å². The van der Waals surface area contributed by atoms with Gasteiger partial charge in [0, 0.05) is 0 Å². The summed E-state index contributed by atoms with van der Waals surface area (Å²) < 4.78 is 36.8. The summed E-state index contributed by atoms with van der Waals surface area (Å²) in [6.07, 6.45) is 2.28. The lowest BCUT2D eigenvalue weighted by Crippen LogP contribution is -2.53.